The Balaban J connectivity index is 0.000000179. The molecule has 2 aromatic heterocycles. The van der Waals surface area contributed by atoms with Crippen molar-refractivity contribution >= 4 is 50.9 Å². The second kappa shape index (κ2) is 15.3. The van der Waals surface area contributed by atoms with Crippen LogP contribution < -0.4 is 29.6 Å². The molecule has 6 aromatic rings. The molecule has 61 heavy (non-hydrogen) atoms. The second-order valence-electron chi connectivity index (χ2n) is 18.4. The van der Waals surface area contributed by atoms with Gasteiger partial charge in [-0.2, -0.15) is 0 Å². The number of carbonyl (C=O) groups excluding carboxylic acids is 3. The van der Waals surface area contributed by atoms with E-state index in [0.29, 0.717) is 5.75 Å². The second-order valence-corrected chi connectivity index (χ2v) is 18.4. The smallest absolute Gasteiger partial charge is 0.235 e. The van der Waals surface area contributed by atoms with Crippen molar-refractivity contribution in [2.24, 2.45) is 0 Å². The summed E-state index contributed by atoms with van der Waals surface area (Å²) in [5.74, 6) is 2.88. The Bertz CT molecular complexity index is 2680. The lowest BCUT2D eigenvalue weighted by molar-refractivity contribution is -0.119. The number of anilines is 2. The fraction of sp³-hybridized carbons (Fsp3) is 0.380. The van der Waals surface area contributed by atoms with Gasteiger partial charge < -0.3 is 34.6 Å². The number of carbonyl (C=O) groups is 3. The molecular weight excluding hydrogens is 769 g/mol. The van der Waals surface area contributed by atoms with Gasteiger partial charge in [0.25, 0.3) is 0 Å². The Morgan fingerprint density at radius 2 is 1.08 bits per heavy atom. The molecule has 320 valence electrons. The van der Waals surface area contributed by atoms with Crippen LogP contribution in [0.15, 0.2) is 84.9 Å². The Morgan fingerprint density at radius 3 is 1.56 bits per heavy atom. The van der Waals surface area contributed by atoms with Crippen molar-refractivity contribution in [3.63, 3.8) is 0 Å². The number of fused-ring (bicyclic) bond motifs is 4. The average molecular weight is 827 g/mol. The summed E-state index contributed by atoms with van der Waals surface area (Å²) in [4.78, 5) is 42.1. The van der Waals surface area contributed by atoms with Crippen LogP contribution in [0.25, 0.3) is 21.8 Å². The molecule has 2 fully saturated rings. The first-order chi connectivity index (χ1) is 28.0. The van der Waals surface area contributed by atoms with Crippen LogP contribution in [0.4, 0.5) is 11.4 Å². The molecule has 3 N–H and O–H groups in total. The summed E-state index contributed by atoms with van der Waals surface area (Å²) in [6, 6.07) is 27.5. The Kier molecular flexibility index (Phi) is 10.8. The van der Waals surface area contributed by atoms with Crippen LogP contribution in [0.1, 0.15) is 116 Å². The molecule has 4 aliphatic rings. The van der Waals surface area contributed by atoms with Gasteiger partial charge in [-0.25, -0.2) is 0 Å². The molecule has 4 aromatic carbocycles. The van der Waals surface area contributed by atoms with E-state index in [0.717, 1.165) is 92.9 Å². The molecule has 2 aliphatic heterocycles. The Hall–Kier alpha value is -6.23. The van der Waals surface area contributed by atoms with Gasteiger partial charge in [0.05, 0.1) is 16.3 Å². The third-order valence-corrected chi connectivity index (χ3v) is 12.0. The molecule has 0 saturated heterocycles. The first-order valence-electron chi connectivity index (χ1n) is 20.3. The van der Waals surface area contributed by atoms with E-state index in [2.05, 4.69) is 63.2 Å². The summed E-state index contributed by atoms with van der Waals surface area (Å²) in [7, 11) is 0. The van der Waals surface area contributed by atoms with Gasteiger partial charge in [-0.05, 0) is 110 Å². The first kappa shape index (κ1) is 42.9. The molecule has 0 bridgehead atoms. The van der Waals surface area contributed by atoms with Gasteiger partial charge in [-0.1, -0.05) is 68.5 Å². The minimum atomic E-state index is -0.530. The number of hydrogen-bond acceptors (Lipinski definition) is 7. The Labute approximate surface area is 358 Å². The summed E-state index contributed by atoms with van der Waals surface area (Å²) < 4.78 is 23.5. The molecule has 2 aliphatic carbocycles. The highest BCUT2D eigenvalue weighted by Crippen LogP contribution is 2.52. The van der Waals surface area contributed by atoms with Crippen LogP contribution in [0, 0.1) is 0 Å². The van der Waals surface area contributed by atoms with E-state index in [1.165, 1.54) is 5.69 Å². The van der Waals surface area contributed by atoms with Gasteiger partial charge in [-0.15, -0.1) is 0 Å². The zero-order chi connectivity index (χ0) is 41.5. The maximum Gasteiger partial charge on any atom is 0.235 e. The number of amides is 2. The normalized spacial score (nSPS) is 16.1. The van der Waals surface area contributed by atoms with Crippen molar-refractivity contribution in [1.82, 2.24) is 9.55 Å². The number of H-pyrrole nitrogens is 1. The maximum absolute atomic E-state index is 13.2. The first-order valence-corrected chi connectivity index (χ1v) is 20.3. The minimum absolute atomic E-state index is 0. The Morgan fingerprint density at radius 1 is 0.590 bits per heavy atom. The van der Waals surface area contributed by atoms with Crippen molar-refractivity contribution in [3.8, 4) is 23.0 Å². The number of hydrogen-bond donors (Lipinski definition) is 3. The third-order valence-electron chi connectivity index (χ3n) is 12.0. The van der Waals surface area contributed by atoms with Crippen molar-refractivity contribution in [3.05, 3.63) is 107 Å². The maximum atomic E-state index is 13.2. The van der Waals surface area contributed by atoms with Gasteiger partial charge in [-0.3, -0.25) is 19.0 Å². The van der Waals surface area contributed by atoms with Gasteiger partial charge in [0.1, 0.15) is 0 Å². The standard InChI is InChI=1S/C25H26N2O4.C23H24N2O3.2CH4/c1-15(28)27-19-7-6-18(11-16(19)12-22(27)24(2,3)4)26-23(29)25(9-10-25)17-5-8-20-21(13-17)31-14-30-20;1-22(2,3)20-11-14-10-16(5-6-17(14)25-20)24-21(26)23(8-9-23)15-4-7-18-19(12-15)28-13-27-18;;/h5-8,11-13H,9-10,14H2,1-4H3,(H,26,29);4-7,10-12,25H,8-9,13H2,1-3H3,(H,24,26);2*1H4. The summed E-state index contributed by atoms with van der Waals surface area (Å²) >= 11 is 0. The fourth-order valence-corrected chi connectivity index (χ4v) is 8.23. The van der Waals surface area contributed by atoms with Gasteiger partial charge >= 0.3 is 0 Å². The highest BCUT2D eigenvalue weighted by atomic mass is 16.7. The molecule has 0 radical (unpaired) electrons. The summed E-state index contributed by atoms with van der Waals surface area (Å²) in [5.41, 5.74) is 6.46. The molecule has 2 saturated carbocycles. The predicted octanol–water partition coefficient (Wildman–Crippen LogP) is 11.1. The largest absolute Gasteiger partial charge is 0.454 e. The van der Waals surface area contributed by atoms with Crippen molar-refractivity contribution in [1.29, 1.82) is 0 Å². The lowest BCUT2D eigenvalue weighted by atomic mass is 9.92. The van der Waals surface area contributed by atoms with E-state index in [9.17, 15) is 14.4 Å². The molecule has 11 nitrogen and oxygen atoms in total. The minimum Gasteiger partial charge on any atom is -0.454 e. The average Bonchev–Trinajstić information content (AvgIpc) is 3.90. The fourth-order valence-electron chi connectivity index (χ4n) is 8.23. The van der Waals surface area contributed by atoms with E-state index >= 15 is 0 Å². The molecular formula is C50H58N4O7. The number of ether oxygens (including phenoxy) is 4. The summed E-state index contributed by atoms with van der Waals surface area (Å²) in [6.45, 7) is 14.8. The van der Waals surface area contributed by atoms with Gasteiger partial charge in [0, 0.05) is 56.8 Å². The molecule has 0 spiro atoms. The summed E-state index contributed by atoms with van der Waals surface area (Å²) in [6.07, 6.45) is 3.29. The molecule has 0 atom stereocenters. The van der Waals surface area contributed by atoms with Crippen molar-refractivity contribution in [2.45, 2.75) is 111 Å². The van der Waals surface area contributed by atoms with Gasteiger partial charge in [0.15, 0.2) is 23.0 Å². The van der Waals surface area contributed by atoms with E-state index in [4.69, 9.17) is 18.9 Å². The lowest BCUT2D eigenvalue weighted by Crippen LogP contribution is -2.27. The number of benzene rings is 4. The number of nitrogens with zero attached hydrogens (tertiary/aromatic N) is 1. The monoisotopic (exact) mass is 826 g/mol. The highest BCUT2D eigenvalue weighted by molar-refractivity contribution is 6.04. The summed E-state index contributed by atoms with van der Waals surface area (Å²) in [5, 5.41) is 8.26. The molecule has 2 amide bonds. The topological polar surface area (TPSA) is 133 Å². The molecule has 10 rings (SSSR count). The van der Waals surface area contributed by atoms with Crippen LogP contribution in [-0.4, -0.2) is 40.9 Å². The van der Waals surface area contributed by atoms with E-state index in [1.54, 1.807) is 11.5 Å². The number of rotatable bonds is 6. The third kappa shape index (κ3) is 7.82. The number of aromatic amines is 1. The van der Waals surface area contributed by atoms with Crippen LogP contribution in [0.2, 0.25) is 0 Å². The highest BCUT2D eigenvalue weighted by Gasteiger charge is 2.52. The zero-order valence-corrected chi connectivity index (χ0v) is 34.6. The predicted molar refractivity (Wildman–Crippen MR) is 242 cm³/mol. The molecule has 4 heterocycles. The van der Waals surface area contributed by atoms with Crippen LogP contribution >= 0.6 is 0 Å². The van der Waals surface area contributed by atoms with Crippen molar-refractivity contribution < 1.29 is 33.3 Å². The van der Waals surface area contributed by atoms with E-state index in [-0.39, 0.29) is 57.0 Å². The van der Waals surface area contributed by atoms with Crippen LogP contribution in [0.3, 0.4) is 0 Å². The van der Waals surface area contributed by atoms with Crippen molar-refractivity contribution in [2.75, 3.05) is 24.2 Å². The SMILES string of the molecule is C.C.CC(=O)n1c(C(C)(C)C)cc2cc(NC(=O)C3(c4ccc5c(c4)OCO5)CC3)ccc21.CC(C)(C)c1cc2cc(NC(=O)C3(c4ccc5c(c4)OCO5)CC3)ccc2[nH]1. The van der Waals surface area contributed by atoms with Crippen LogP contribution in [0.5, 0.6) is 23.0 Å². The van der Waals surface area contributed by atoms with Gasteiger partial charge in [0.2, 0.25) is 31.3 Å². The quantitative estimate of drug-likeness (QED) is 0.152. The number of aromatic nitrogens is 2. The zero-order valence-electron chi connectivity index (χ0n) is 34.6. The molecule has 11 heteroatoms. The number of nitrogens with one attached hydrogen (secondary N) is 3. The van der Waals surface area contributed by atoms with E-state index in [1.807, 2.05) is 78.9 Å². The molecule has 0 unspecified atom stereocenters. The lowest BCUT2D eigenvalue weighted by Gasteiger charge is -2.20. The van der Waals surface area contributed by atoms with Crippen LogP contribution in [-0.2, 0) is 31.2 Å². The van der Waals surface area contributed by atoms with E-state index < -0.39 is 10.8 Å².